The third-order valence-corrected chi connectivity index (χ3v) is 2.44. The molecule has 1 N–H and O–H groups in total. The first-order valence-electron chi connectivity index (χ1n) is 4.75. The minimum atomic E-state index is -6.37. The van der Waals surface area contributed by atoms with Crippen LogP contribution in [0.15, 0.2) is 24.3 Å². The van der Waals surface area contributed by atoms with Gasteiger partial charge in [0.25, 0.3) is 5.60 Å². The molecule has 0 saturated heterocycles. The molecule has 20 heavy (non-hydrogen) atoms. The summed E-state index contributed by atoms with van der Waals surface area (Å²) in [5, 5.41) is 8.95. The van der Waals surface area contributed by atoms with Gasteiger partial charge in [0, 0.05) is 5.56 Å². The van der Waals surface area contributed by atoms with E-state index in [4.69, 9.17) is 5.11 Å². The first kappa shape index (κ1) is 16.6. The highest BCUT2D eigenvalue weighted by atomic mass is 19.4. The molecule has 0 fully saturated rings. The Morgan fingerprint density at radius 2 is 1.00 bits per heavy atom. The van der Waals surface area contributed by atoms with Crippen molar-refractivity contribution in [3.8, 4) is 0 Å². The van der Waals surface area contributed by atoms with E-state index < -0.39 is 35.3 Å². The zero-order valence-corrected chi connectivity index (χ0v) is 9.16. The highest BCUT2D eigenvalue weighted by molar-refractivity contribution is 5.37. The minimum Gasteiger partial charge on any atom is -0.369 e. The van der Waals surface area contributed by atoms with Crippen molar-refractivity contribution in [1.29, 1.82) is 0 Å². The Labute approximate surface area is 105 Å². The predicted molar refractivity (Wildman–Crippen MR) is 47.5 cm³/mol. The van der Waals surface area contributed by atoms with Gasteiger partial charge in [-0.15, -0.1) is 0 Å². The number of alkyl halides is 9. The molecule has 0 spiro atoms. The number of rotatable bonds is 1. The fourth-order valence-corrected chi connectivity index (χ4v) is 1.51. The zero-order valence-electron chi connectivity index (χ0n) is 9.16. The highest BCUT2D eigenvalue weighted by Gasteiger charge is 2.72. The molecule has 0 bridgehead atoms. The monoisotopic (exact) mass is 312 g/mol. The minimum absolute atomic E-state index is 0.0256. The lowest BCUT2D eigenvalue weighted by Crippen LogP contribution is -2.54. The van der Waals surface area contributed by atoms with Crippen molar-refractivity contribution in [3.05, 3.63) is 35.4 Å². The normalized spacial score (nSPS) is 14.5. The topological polar surface area (TPSA) is 20.2 Å². The molecule has 0 aliphatic heterocycles. The summed E-state index contributed by atoms with van der Waals surface area (Å²) >= 11 is 0. The second-order valence-electron chi connectivity index (χ2n) is 3.75. The molecule has 0 radical (unpaired) electrons. The maximum absolute atomic E-state index is 12.5. The lowest BCUT2D eigenvalue weighted by atomic mass is 9.88. The van der Waals surface area contributed by atoms with E-state index in [1.165, 1.54) is 0 Å². The van der Waals surface area contributed by atoms with Gasteiger partial charge < -0.3 is 5.11 Å². The van der Waals surface area contributed by atoms with E-state index in [0.717, 1.165) is 0 Å². The summed E-state index contributed by atoms with van der Waals surface area (Å²) in [6, 6.07) is 1.11. The summed E-state index contributed by atoms with van der Waals surface area (Å²) in [6.07, 6.45) is -18.2. The quantitative estimate of drug-likeness (QED) is 0.777. The Balaban J connectivity index is 3.70. The van der Waals surface area contributed by atoms with Crippen LogP contribution in [0.4, 0.5) is 39.5 Å². The third-order valence-electron chi connectivity index (χ3n) is 2.44. The van der Waals surface area contributed by atoms with Crippen LogP contribution in [-0.2, 0) is 11.8 Å². The third kappa shape index (κ3) is 2.56. The maximum atomic E-state index is 12.5. The average molecular weight is 312 g/mol. The van der Waals surface area contributed by atoms with Crippen LogP contribution in [0.1, 0.15) is 11.1 Å². The molecule has 1 aromatic rings. The molecule has 1 rings (SSSR count). The van der Waals surface area contributed by atoms with Crippen LogP contribution < -0.4 is 0 Å². The number of hydrogen-bond acceptors (Lipinski definition) is 1. The summed E-state index contributed by atoms with van der Waals surface area (Å²) in [6.45, 7) is 0. The fourth-order valence-electron chi connectivity index (χ4n) is 1.51. The smallest absolute Gasteiger partial charge is 0.369 e. The molecule has 1 nitrogen and oxygen atoms in total. The summed E-state index contributed by atoms with van der Waals surface area (Å²) in [4.78, 5) is 0. The second-order valence-corrected chi connectivity index (χ2v) is 3.75. The Bertz CT molecular complexity index is 469. The van der Waals surface area contributed by atoms with Crippen molar-refractivity contribution in [1.82, 2.24) is 0 Å². The van der Waals surface area contributed by atoms with E-state index in [2.05, 4.69) is 0 Å². The average Bonchev–Trinajstić information content (AvgIpc) is 2.23. The van der Waals surface area contributed by atoms with Gasteiger partial charge in [0.2, 0.25) is 0 Å². The Kier molecular flexibility index (Phi) is 3.77. The molecule has 114 valence electrons. The summed E-state index contributed by atoms with van der Waals surface area (Å²) < 4.78 is 113. The van der Waals surface area contributed by atoms with Gasteiger partial charge in [0.15, 0.2) is 0 Å². The van der Waals surface area contributed by atoms with Crippen LogP contribution in [0.25, 0.3) is 0 Å². The summed E-state index contributed by atoms with van der Waals surface area (Å²) in [5.74, 6) is 0. The number of aliphatic hydroxyl groups is 1. The van der Waals surface area contributed by atoms with Crippen LogP contribution >= 0.6 is 0 Å². The largest absolute Gasteiger partial charge is 0.430 e. The Hall–Kier alpha value is -1.45. The van der Waals surface area contributed by atoms with E-state index in [1.54, 1.807) is 0 Å². The van der Waals surface area contributed by atoms with Crippen LogP contribution in [0.3, 0.4) is 0 Å². The van der Waals surface area contributed by atoms with E-state index in [9.17, 15) is 39.5 Å². The van der Waals surface area contributed by atoms with Gasteiger partial charge in [0.05, 0.1) is 5.56 Å². The predicted octanol–water partition coefficient (Wildman–Crippen LogP) is 4.02. The molecule has 0 aromatic heterocycles. The van der Waals surface area contributed by atoms with Gasteiger partial charge in [-0.05, 0) is 6.07 Å². The molecular weight excluding hydrogens is 307 g/mol. The Morgan fingerprint density at radius 1 is 0.650 bits per heavy atom. The van der Waals surface area contributed by atoms with Crippen molar-refractivity contribution in [2.45, 2.75) is 24.1 Å². The molecule has 0 aliphatic carbocycles. The van der Waals surface area contributed by atoms with E-state index >= 15 is 0 Å². The SMILES string of the molecule is OC(c1ccccc1C(F)(F)F)(C(F)(F)F)C(F)(F)F. The van der Waals surface area contributed by atoms with Crippen molar-refractivity contribution in [2.75, 3.05) is 0 Å². The summed E-state index contributed by atoms with van der Waals surface area (Å²) in [7, 11) is 0. The van der Waals surface area contributed by atoms with Gasteiger partial charge >= 0.3 is 18.5 Å². The molecular formula is C10H5F9O. The van der Waals surface area contributed by atoms with Crippen molar-refractivity contribution in [2.24, 2.45) is 0 Å². The first-order valence-corrected chi connectivity index (χ1v) is 4.75. The molecule has 0 heterocycles. The van der Waals surface area contributed by atoms with Crippen LogP contribution in [0.2, 0.25) is 0 Å². The van der Waals surface area contributed by atoms with Crippen molar-refractivity contribution < 1.29 is 44.6 Å². The van der Waals surface area contributed by atoms with E-state index in [-0.39, 0.29) is 12.1 Å². The maximum Gasteiger partial charge on any atom is 0.430 e. The van der Waals surface area contributed by atoms with Gasteiger partial charge in [-0.3, -0.25) is 0 Å². The fraction of sp³-hybridized carbons (Fsp3) is 0.400. The van der Waals surface area contributed by atoms with E-state index in [0.29, 0.717) is 12.1 Å². The van der Waals surface area contributed by atoms with Gasteiger partial charge in [0.1, 0.15) is 0 Å². The first-order chi connectivity index (χ1) is 8.73. The Morgan fingerprint density at radius 3 is 1.30 bits per heavy atom. The lowest BCUT2D eigenvalue weighted by molar-refractivity contribution is -0.377. The number of hydrogen-bond donors (Lipinski definition) is 1. The number of benzene rings is 1. The zero-order chi connectivity index (χ0) is 16.0. The lowest BCUT2D eigenvalue weighted by Gasteiger charge is -2.34. The number of halogens is 9. The van der Waals surface area contributed by atoms with Crippen LogP contribution in [-0.4, -0.2) is 17.5 Å². The molecule has 0 atom stereocenters. The molecule has 10 heteroatoms. The highest BCUT2D eigenvalue weighted by Crippen LogP contribution is 2.52. The van der Waals surface area contributed by atoms with Crippen molar-refractivity contribution in [3.63, 3.8) is 0 Å². The van der Waals surface area contributed by atoms with Gasteiger partial charge in [-0.2, -0.15) is 39.5 Å². The van der Waals surface area contributed by atoms with Crippen LogP contribution in [0.5, 0.6) is 0 Å². The summed E-state index contributed by atoms with van der Waals surface area (Å²) in [5.41, 5.74) is -10.1. The molecule has 1 aromatic carbocycles. The molecule has 0 aliphatic rings. The van der Waals surface area contributed by atoms with Gasteiger partial charge in [-0.1, -0.05) is 18.2 Å². The molecule has 0 amide bonds. The van der Waals surface area contributed by atoms with Crippen LogP contribution in [0, 0.1) is 0 Å². The second kappa shape index (κ2) is 4.54. The van der Waals surface area contributed by atoms with Crippen molar-refractivity contribution >= 4 is 0 Å². The van der Waals surface area contributed by atoms with E-state index in [1.807, 2.05) is 0 Å². The molecule has 0 unspecified atom stereocenters. The standard InChI is InChI=1S/C10H5F9O/c11-8(12,13)6-4-2-1-3-5(6)7(20,9(14,15)16)10(17,18)19/h1-4,20H. The van der Waals surface area contributed by atoms with Gasteiger partial charge in [-0.25, -0.2) is 0 Å². The molecule has 0 saturated carbocycles.